The first kappa shape index (κ1) is 26.0. The third-order valence-corrected chi connectivity index (χ3v) is 5.63. The number of carbonyl (C=O) groups is 1. The molecule has 2 rings (SSSR count). The van der Waals surface area contributed by atoms with Gasteiger partial charge in [-0.15, -0.1) is 0 Å². The van der Waals surface area contributed by atoms with Crippen LogP contribution in [0.4, 0.5) is 8.78 Å². The summed E-state index contributed by atoms with van der Waals surface area (Å²) in [5, 5.41) is 0. The largest absolute Gasteiger partial charge is 0.339 e. The van der Waals surface area contributed by atoms with E-state index < -0.39 is 5.66 Å². The van der Waals surface area contributed by atoms with Crippen molar-refractivity contribution < 1.29 is 13.6 Å². The maximum atomic E-state index is 12.9. The molecule has 0 spiro atoms. The van der Waals surface area contributed by atoms with E-state index in [1.54, 1.807) is 40.5 Å². The molecule has 2 unspecified atom stereocenters. The number of rotatable bonds is 6. The Morgan fingerprint density at radius 3 is 2.28 bits per heavy atom. The Hall–Kier alpha value is -1.06. The van der Waals surface area contributed by atoms with Crippen LogP contribution in [0.15, 0.2) is 36.5 Å². The van der Waals surface area contributed by atoms with Crippen LogP contribution in [0, 0.1) is 11.8 Å². The Balaban J connectivity index is 0.000000436. The van der Waals surface area contributed by atoms with Crippen LogP contribution >= 0.6 is 9.24 Å². The molecule has 3 nitrogen and oxygen atoms in total. The normalized spacial score (nSPS) is 20.9. The molecule has 2 aliphatic heterocycles. The number of allylic oxidation sites excluding steroid dienone is 3. The zero-order chi connectivity index (χ0) is 21.9. The number of piperidine rings is 2. The molecule has 166 valence electrons. The summed E-state index contributed by atoms with van der Waals surface area (Å²) < 4.78 is 25.8. The lowest BCUT2D eigenvalue weighted by Gasteiger charge is -2.27. The maximum Gasteiger partial charge on any atom is 0.259 e. The molecule has 0 bridgehead atoms. The molecule has 29 heavy (non-hydrogen) atoms. The molecule has 0 radical (unpaired) electrons. The first-order valence-electron chi connectivity index (χ1n) is 10.8. The number of hydrogen-bond donors (Lipinski definition) is 0. The minimum Gasteiger partial charge on any atom is -0.339 e. The summed E-state index contributed by atoms with van der Waals surface area (Å²) in [4.78, 5) is 16.6. The predicted octanol–water partition coefficient (Wildman–Crippen LogP) is 5.51. The van der Waals surface area contributed by atoms with Crippen molar-refractivity contribution in [2.75, 3.05) is 33.2 Å². The lowest BCUT2D eigenvalue weighted by Crippen LogP contribution is -2.36. The van der Waals surface area contributed by atoms with Crippen LogP contribution in [0.2, 0.25) is 0 Å². The topological polar surface area (TPSA) is 23.6 Å². The Bertz CT molecular complexity index is 548. The number of alkyl halides is 2. The quantitative estimate of drug-likeness (QED) is 0.316. The minimum absolute atomic E-state index is 0.0457. The van der Waals surface area contributed by atoms with E-state index in [0.717, 1.165) is 38.3 Å². The lowest BCUT2D eigenvalue weighted by molar-refractivity contribution is -0.127. The standard InChI is InChI=1S/C16H24F2NOP.C7H15N/c1-3-7-14(9-8-13(2)12-16(17,18)21)15(20)19-10-5-4-6-11-19;1-7-3-5-8(2)6-4-7/h3,7-9,13H,1,4-6,10-12,21H2,2H3;7H,3-6H2,1-2H3/b9-8-,14-7+;. The van der Waals surface area contributed by atoms with E-state index in [4.69, 9.17) is 0 Å². The van der Waals surface area contributed by atoms with Crippen molar-refractivity contribution in [1.82, 2.24) is 9.80 Å². The average Bonchev–Trinajstić information content (AvgIpc) is 2.67. The number of nitrogens with zero attached hydrogens (tertiary/aromatic N) is 2. The molecule has 2 saturated heterocycles. The van der Waals surface area contributed by atoms with Crippen LogP contribution < -0.4 is 0 Å². The Morgan fingerprint density at radius 1 is 1.21 bits per heavy atom. The highest BCUT2D eigenvalue weighted by Crippen LogP contribution is 2.30. The van der Waals surface area contributed by atoms with Gasteiger partial charge in [0.2, 0.25) is 0 Å². The van der Waals surface area contributed by atoms with Crippen LogP contribution in [0.25, 0.3) is 0 Å². The molecule has 2 atom stereocenters. The summed E-state index contributed by atoms with van der Waals surface area (Å²) in [6, 6.07) is 0. The molecule has 2 fully saturated rings. The Kier molecular flexibility index (Phi) is 11.9. The van der Waals surface area contributed by atoms with Gasteiger partial charge in [-0.3, -0.25) is 4.79 Å². The molecular weight excluding hydrogens is 389 g/mol. The SMILES string of the molecule is C=C/C=C(\C=C/C(C)CC(F)(F)P)C(=O)N1CCCCC1.CC1CCN(C)CC1. The molecule has 1 amide bonds. The number of hydrogen-bond acceptors (Lipinski definition) is 2. The molecule has 2 aliphatic rings. The smallest absolute Gasteiger partial charge is 0.259 e. The van der Waals surface area contributed by atoms with Gasteiger partial charge in [-0.05, 0) is 64.1 Å². The summed E-state index contributed by atoms with van der Waals surface area (Å²) >= 11 is 0. The molecule has 0 aromatic carbocycles. The van der Waals surface area contributed by atoms with Gasteiger partial charge in [-0.1, -0.05) is 54.0 Å². The summed E-state index contributed by atoms with van der Waals surface area (Å²) in [6.07, 6.45) is 12.2. The number of likely N-dealkylation sites (tertiary alicyclic amines) is 2. The second-order valence-corrected chi connectivity index (χ2v) is 9.34. The van der Waals surface area contributed by atoms with Crippen molar-refractivity contribution in [3.63, 3.8) is 0 Å². The van der Waals surface area contributed by atoms with Gasteiger partial charge in [0.15, 0.2) is 0 Å². The average molecular weight is 429 g/mol. The van der Waals surface area contributed by atoms with Gasteiger partial charge in [-0.25, -0.2) is 8.78 Å². The first-order valence-corrected chi connectivity index (χ1v) is 11.4. The van der Waals surface area contributed by atoms with Crippen molar-refractivity contribution in [3.05, 3.63) is 36.5 Å². The lowest BCUT2D eigenvalue weighted by atomic mass is 10.00. The van der Waals surface area contributed by atoms with E-state index in [2.05, 4.69) is 25.5 Å². The van der Waals surface area contributed by atoms with Gasteiger partial charge in [0.1, 0.15) is 0 Å². The Labute approximate surface area is 178 Å². The van der Waals surface area contributed by atoms with Crippen molar-refractivity contribution >= 4 is 15.1 Å². The fraction of sp³-hybridized carbons (Fsp3) is 0.696. The van der Waals surface area contributed by atoms with E-state index >= 15 is 0 Å². The third kappa shape index (κ3) is 11.6. The highest BCUT2D eigenvalue weighted by atomic mass is 31.0. The minimum atomic E-state index is -2.77. The molecule has 0 saturated carbocycles. The molecule has 0 aromatic heterocycles. The van der Waals surface area contributed by atoms with Crippen molar-refractivity contribution in [2.45, 2.75) is 58.0 Å². The van der Waals surface area contributed by atoms with E-state index in [-0.39, 0.29) is 18.2 Å². The van der Waals surface area contributed by atoms with Gasteiger partial charge in [0.25, 0.3) is 11.6 Å². The highest BCUT2D eigenvalue weighted by molar-refractivity contribution is 7.18. The Morgan fingerprint density at radius 2 is 1.79 bits per heavy atom. The number of amides is 1. The van der Waals surface area contributed by atoms with Crippen LogP contribution in [0.5, 0.6) is 0 Å². The number of carbonyl (C=O) groups excluding carboxylic acids is 1. The van der Waals surface area contributed by atoms with E-state index in [0.29, 0.717) is 5.57 Å². The predicted molar refractivity (Wildman–Crippen MR) is 122 cm³/mol. The second-order valence-electron chi connectivity index (χ2n) is 8.50. The first-order chi connectivity index (χ1) is 13.6. The van der Waals surface area contributed by atoms with Gasteiger partial charge in [0, 0.05) is 25.1 Å². The van der Waals surface area contributed by atoms with Crippen LogP contribution in [0.1, 0.15) is 52.4 Å². The fourth-order valence-corrected chi connectivity index (χ4v) is 3.88. The molecule has 0 N–H and O–H groups in total. The molecule has 2 heterocycles. The summed E-state index contributed by atoms with van der Waals surface area (Å²) in [7, 11) is 3.75. The van der Waals surface area contributed by atoms with Crippen molar-refractivity contribution in [1.29, 1.82) is 0 Å². The molecule has 0 aliphatic carbocycles. The van der Waals surface area contributed by atoms with E-state index in [1.165, 1.54) is 25.9 Å². The second kappa shape index (κ2) is 13.3. The zero-order valence-electron chi connectivity index (χ0n) is 18.4. The van der Waals surface area contributed by atoms with Crippen LogP contribution in [-0.2, 0) is 4.79 Å². The fourth-order valence-electron chi connectivity index (χ4n) is 3.51. The summed E-state index contributed by atoms with van der Waals surface area (Å²) in [5.41, 5.74) is -2.27. The van der Waals surface area contributed by atoms with Crippen LogP contribution in [-0.4, -0.2) is 54.6 Å². The molecule has 0 aromatic rings. The molecule has 6 heteroatoms. The van der Waals surface area contributed by atoms with E-state index in [1.807, 2.05) is 4.90 Å². The van der Waals surface area contributed by atoms with E-state index in [9.17, 15) is 13.6 Å². The van der Waals surface area contributed by atoms with Gasteiger partial charge in [0.05, 0.1) is 0 Å². The third-order valence-electron chi connectivity index (χ3n) is 5.39. The monoisotopic (exact) mass is 428 g/mol. The summed E-state index contributed by atoms with van der Waals surface area (Å²) in [6.45, 7) is 11.8. The van der Waals surface area contributed by atoms with Crippen molar-refractivity contribution in [3.8, 4) is 0 Å². The maximum absolute atomic E-state index is 12.9. The molecular formula is C23H39F2N2OP. The highest BCUT2D eigenvalue weighted by Gasteiger charge is 2.24. The van der Waals surface area contributed by atoms with Crippen LogP contribution in [0.3, 0.4) is 0 Å². The van der Waals surface area contributed by atoms with Gasteiger partial charge < -0.3 is 9.80 Å². The number of halogens is 2. The van der Waals surface area contributed by atoms with Gasteiger partial charge in [-0.2, -0.15) is 0 Å². The van der Waals surface area contributed by atoms with Crippen molar-refractivity contribution in [2.24, 2.45) is 11.8 Å². The van der Waals surface area contributed by atoms with Gasteiger partial charge >= 0.3 is 0 Å². The zero-order valence-corrected chi connectivity index (χ0v) is 19.5. The summed E-state index contributed by atoms with van der Waals surface area (Å²) in [5.74, 6) is 0.627.